The zero-order valence-corrected chi connectivity index (χ0v) is 17.3. The van der Waals surface area contributed by atoms with E-state index in [1.54, 1.807) is 12.1 Å². The molecule has 1 saturated heterocycles. The largest absolute Gasteiger partial charge is 0.459 e. The van der Waals surface area contributed by atoms with Gasteiger partial charge in [-0.15, -0.1) is 0 Å². The van der Waals surface area contributed by atoms with E-state index in [0.717, 1.165) is 29.4 Å². The highest BCUT2D eigenvalue weighted by atomic mass is 32.2. The number of sulfonamides is 1. The van der Waals surface area contributed by atoms with Crippen LogP contribution in [0.15, 0.2) is 57.8 Å². The van der Waals surface area contributed by atoms with Crippen LogP contribution < -0.4 is 5.32 Å². The maximum absolute atomic E-state index is 12.8. The fraction of sp³-hybridized carbons (Fsp3) is 0.318. The molecule has 1 aliphatic rings. The second-order valence-electron chi connectivity index (χ2n) is 7.42. The smallest absolute Gasteiger partial charge is 0.251 e. The molecule has 0 radical (unpaired) electrons. The molecule has 0 bridgehead atoms. The van der Waals surface area contributed by atoms with E-state index < -0.39 is 10.0 Å². The van der Waals surface area contributed by atoms with Crippen LogP contribution in [0.4, 0.5) is 0 Å². The minimum Gasteiger partial charge on any atom is -0.459 e. The SMILES string of the molecule is Cc1c(C(C)NC(=O)c2cccc(S(=O)(=O)N3CCCC3)c2)oc2ccccc12. The highest BCUT2D eigenvalue weighted by Crippen LogP contribution is 2.29. The van der Waals surface area contributed by atoms with Crippen molar-refractivity contribution in [2.24, 2.45) is 0 Å². The van der Waals surface area contributed by atoms with Crippen LogP contribution in [0, 0.1) is 6.92 Å². The molecule has 4 rings (SSSR count). The third kappa shape index (κ3) is 3.68. The number of nitrogens with zero attached hydrogens (tertiary/aromatic N) is 1. The van der Waals surface area contributed by atoms with Crippen molar-refractivity contribution >= 4 is 26.9 Å². The fourth-order valence-corrected chi connectivity index (χ4v) is 5.39. The van der Waals surface area contributed by atoms with E-state index in [9.17, 15) is 13.2 Å². The van der Waals surface area contributed by atoms with Crippen LogP contribution in [0.1, 0.15) is 47.5 Å². The molecule has 1 atom stereocenters. The molecule has 0 aliphatic carbocycles. The van der Waals surface area contributed by atoms with Crippen LogP contribution in [-0.2, 0) is 10.0 Å². The normalized spacial score (nSPS) is 16.2. The first-order valence-electron chi connectivity index (χ1n) is 9.77. The van der Waals surface area contributed by atoms with E-state index in [4.69, 9.17) is 4.42 Å². The van der Waals surface area contributed by atoms with Crippen molar-refractivity contribution in [2.45, 2.75) is 37.6 Å². The van der Waals surface area contributed by atoms with Gasteiger partial charge in [0.15, 0.2) is 0 Å². The molecule has 7 heteroatoms. The summed E-state index contributed by atoms with van der Waals surface area (Å²) in [6.07, 6.45) is 1.74. The molecule has 0 spiro atoms. The number of rotatable bonds is 5. The van der Waals surface area contributed by atoms with Gasteiger partial charge in [-0.3, -0.25) is 4.79 Å². The third-order valence-electron chi connectivity index (χ3n) is 5.42. The van der Waals surface area contributed by atoms with Crippen LogP contribution >= 0.6 is 0 Å². The minimum absolute atomic E-state index is 0.152. The summed E-state index contributed by atoms with van der Waals surface area (Å²) in [6.45, 7) is 4.88. The van der Waals surface area contributed by atoms with Crippen LogP contribution in [0.25, 0.3) is 11.0 Å². The third-order valence-corrected chi connectivity index (χ3v) is 7.32. The molecular formula is C22H24N2O4S. The number of fused-ring (bicyclic) bond motifs is 1. The zero-order chi connectivity index (χ0) is 20.6. The van der Waals surface area contributed by atoms with Gasteiger partial charge in [-0.25, -0.2) is 8.42 Å². The van der Waals surface area contributed by atoms with Crippen LogP contribution in [0.3, 0.4) is 0 Å². The Morgan fingerprint density at radius 2 is 1.83 bits per heavy atom. The summed E-state index contributed by atoms with van der Waals surface area (Å²) in [5, 5.41) is 3.94. The molecule has 1 unspecified atom stereocenters. The maximum atomic E-state index is 12.8. The maximum Gasteiger partial charge on any atom is 0.251 e. The lowest BCUT2D eigenvalue weighted by Gasteiger charge is -2.16. The standard InChI is InChI=1S/C22H24N2O4S/c1-15-19-10-3-4-11-20(19)28-21(15)16(2)23-22(25)17-8-7-9-18(14-17)29(26,27)24-12-5-6-13-24/h3-4,7-11,14,16H,5-6,12-13H2,1-2H3,(H,23,25). The molecule has 2 aromatic carbocycles. The van der Waals surface area contributed by atoms with E-state index in [0.29, 0.717) is 24.4 Å². The molecule has 1 aliphatic heterocycles. The van der Waals surface area contributed by atoms with Gasteiger partial charge in [0.2, 0.25) is 10.0 Å². The monoisotopic (exact) mass is 412 g/mol. The quantitative estimate of drug-likeness (QED) is 0.686. The number of benzene rings is 2. The van der Waals surface area contributed by atoms with Crippen molar-refractivity contribution in [3.63, 3.8) is 0 Å². The minimum atomic E-state index is -3.56. The molecule has 1 amide bonds. The van der Waals surface area contributed by atoms with Gasteiger partial charge in [-0.2, -0.15) is 4.31 Å². The topological polar surface area (TPSA) is 79.6 Å². The van der Waals surface area contributed by atoms with E-state index in [1.807, 2.05) is 38.1 Å². The number of hydrogen-bond acceptors (Lipinski definition) is 4. The van der Waals surface area contributed by atoms with Crippen molar-refractivity contribution in [1.82, 2.24) is 9.62 Å². The van der Waals surface area contributed by atoms with Crippen molar-refractivity contribution in [1.29, 1.82) is 0 Å². The van der Waals surface area contributed by atoms with E-state index in [-0.39, 0.29) is 16.8 Å². The number of aryl methyl sites for hydroxylation is 1. The Balaban J connectivity index is 1.56. The fourth-order valence-electron chi connectivity index (χ4n) is 3.83. The van der Waals surface area contributed by atoms with E-state index in [1.165, 1.54) is 16.4 Å². The molecule has 1 fully saturated rings. The first-order chi connectivity index (χ1) is 13.9. The van der Waals surface area contributed by atoms with Crippen LogP contribution in [0.5, 0.6) is 0 Å². The number of para-hydroxylation sites is 1. The molecule has 2 heterocycles. The molecule has 0 saturated carbocycles. The highest BCUT2D eigenvalue weighted by molar-refractivity contribution is 7.89. The summed E-state index contributed by atoms with van der Waals surface area (Å²) in [5.41, 5.74) is 2.07. The number of amides is 1. The predicted molar refractivity (Wildman–Crippen MR) is 111 cm³/mol. The highest BCUT2D eigenvalue weighted by Gasteiger charge is 2.28. The van der Waals surface area contributed by atoms with Crippen molar-refractivity contribution in [3.8, 4) is 0 Å². The Morgan fingerprint density at radius 3 is 2.55 bits per heavy atom. The number of furan rings is 1. The van der Waals surface area contributed by atoms with Gasteiger partial charge in [0, 0.05) is 29.6 Å². The molecule has 29 heavy (non-hydrogen) atoms. The second kappa shape index (κ2) is 7.65. The van der Waals surface area contributed by atoms with Gasteiger partial charge in [0.25, 0.3) is 5.91 Å². The summed E-state index contributed by atoms with van der Waals surface area (Å²) in [6, 6.07) is 13.6. The molecule has 6 nitrogen and oxygen atoms in total. The summed E-state index contributed by atoms with van der Waals surface area (Å²) in [7, 11) is -3.56. The molecular weight excluding hydrogens is 388 g/mol. The van der Waals surface area contributed by atoms with E-state index >= 15 is 0 Å². The predicted octanol–water partition coefficient (Wildman–Crippen LogP) is 4.02. The number of hydrogen-bond donors (Lipinski definition) is 1. The molecule has 152 valence electrons. The van der Waals surface area contributed by atoms with Crippen molar-refractivity contribution in [3.05, 3.63) is 65.4 Å². The van der Waals surface area contributed by atoms with Crippen molar-refractivity contribution in [2.75, 3.05) is 13.1 Å². The number of carbonyl (C=O) groups excluding carboxylic acids is 1. The summed E-state index contributed by atoms with van der Waals surface area (Å²) < 4.78 is 33.0. The van der Waals surface area contributed by atoms with Crippen molar-refractivity contribution < 1.29 is 17.6 Å². The zero-order valence-electron chi connectivity index (χ0n) is 16.5. The first kappa shape index (κ1) is 19.7. The molecule has 1 N–H and O–H groups in total. The summed E-state index contributed by atoms with van der Waals surface area (Å²) in [5.74, 6) is 0.358. The lowest BCUT2D eigenvalue weighted by atomic mass is 10.1. The summed E-state index contributed by atoms with van der Waals surface area (Å²) in [4.78, 5) is 12.9. The van der Waals surface area contributed by atoms with Crippen LogP contribution in [0.2, 0.25) is 0 Å². The average Bonchev–Trinajstić information content (AvgIpc) is 3.37. The second-order valence-corrected chi connectivity index (χ2v) is 9.36. The van der Waals surface area contributed by atoms with Gasteiger partial charge in [0.1, 0.15) is 11.3 Å². The Bertz CT molecular complexity index is 1160. The average molecular weight is 413 g/mol. The van der Waals surface area contributed by atoms with Crippen LogP contribution in [-0.4, -0.2) is 31.7 Å². The Morgan fingerprint density at radius 1 is 1.10 bits per heavy atom. The Kier molecular flexibility index (Phi) is 5.19. The molecule has 3 aromatic rings. The van der Waals surface area contributed by atoms with Gasteiger partial charge >= 0.3 is 0 Å². The Hall–Kier alpha value is -2.64. The van der Waals surface area contributed by atoms with Gasteiger partial charge in [-0.1, -0.05) is 24.3 Å². The number of carbonyl (C=O) groups is 1. The lowest BCUT2D eigenvalue weighted by molar-refractivity contribution is 0.0935. The van der Waals surface area contributed by atoms with Gasteiger partial charge in [-0.05, 0) is 51.0 Å². The summed E-state index contributed by atoms with van der Waals surface area (Å²) >= 11 is 0. The first-order valence-corrected chi connectivity index (χ1v) is 11.2. The van der Waals surface area contributed by atoms with Gasteiger partial charge < -0.3 is 9.73 Å². The molecule has 1 aromatic heterocycles. The van der Waals surface area contributed by atoms with Gasteiger partial charge in [0.05, 0.1) is 10.9 Å². The number of nitrogens with one attached hydrogen (secondary N) is 1. The lowest BCUT2D eigenvalue weighted by Crippen LogP contribution is -2.29. The Labute approximate surface area is 170 Å². The van der Waals surface area contributed by atoms with E-state index in [2.05, 4.69) is 5.32 Å².